The topological polar surface area (TPSA) is 21.3 Å². The van der Waals surface area contributed by atoms with Gasteiger partial charge >= 0.3 is 0 Å². The average molecular weight is 253 g/mol. The Labute approximate surface area is 114 Å². The van der Waals surface area contributed by atoms with Gasteiger partial charge in [0.2, 0.25) is 0 Å². The molecule has 0 saturated carbocycles. The van der Waals surface area contributed by atoms with Gasteiger partial charge in [0.25, 0.3) is 0 Å². The highest BCUT2D eigenvalue weighted by Gasteiger charge is 2.32. The molecular weight excluding hydrogens is 234 g/mol. The normalized spacial score (nSPS) is 18.3. The Morgan fingerprint density at radius 2 is 1.84 bits per heavy atom. The SMILES string of the molecule is CNC(c1ccc(OC)cc1)C1Cc2ccccc21. The molecule has 2 unspecified atom stereocenters. The van der Waals surface area contributed by atoms with Gasteiger partial charge in [0.1, 0.15) is 5.75 Å². The predicted octanol–water partition coefficient (Wildman–Crippen LogP) is 3.30. The fraction of sp³-hybridized carbons (Fsp3) is 0.294. The van der Waals surface area contributed by atoms with Crippen LogP contribution < -0.4 is 10.1 Å². The molecule has 2 heteroatoms. The second-order valence-electron chi connectivity index (χ2n) is 5.05. The second-order valence-corrected chi connectivity index (χ2v) is 5.05. The molecule has 2 aromatic rings. The zero-order chi connectivity index (χ0) is 13.2. The maximum Gasteiger partial charge on any atom is 0.118 e. The molecule has 0 radical (unpaired) electrons. The Hall–Kier alpha value is -1.80. The van der Waals surface area contributed by atoms with Crippen molar-refractivity contribution in [3.63, 3.8) is 0 Å². The van der Waals surface area contributed by atoms with Crippen LogP contribution in [0.15, 0.2) is 48.5 Å². The van der Waals surface area contributed by atoms with Crippen molar-refractivity contribution in [3.8, 4) is 5.75 Å². The summed E-state index contributed by atoms with van der Waals surface area (Å²) in [6.45, 7) is 0. The molecule has 0 spiro atoms. The monoisotopic (exact) mass is 253 g/mol. The maximum absolute atomic E-state index is 5.22. The van der Waals surface area contributed by atoms with Crippen molar-refractivity contribution in [1.29, 1.82) is 0 Å². The van der Waals surface area contributed by atoms with Gasteiger partial charge in [-0.15, -0.1) is 0 Å². The third-order valence-electron chi connectivity index (χ3n) is 4.08. The van der Waals surface area contributed by atoms with E-state index in [-0.39, 0.29) is 0 Å². The number of methoxy groups -OCH3 is 1. The minimum absolute atomic E-state index is 0.376. The summed E-state index contributed by atoms with van der Waals surface area (Å²) in [5, 5.41) is 3.46. The van der Waals surface area contributed by atoms with Crippen molar-refractivity contribution in [2.24, 2.45) is 0 Å². The van der Waals surface area contributed by atoms with E-state index in [0.717, 1.165) is 12.2 Å². The van der Waals surface area contributed by atoms with Gasteiger partial charge in [-0.3, -0.25) is 0 Å². The quantitative estimate of drug-likeness (QED) is 0.902. The van der Waals surface area contributed by atoms with Crippen LogP contribution in [0, 0.1) is 0 Å². The molecule has 2 atom stereocenters. The standard InChI is InChI=1S/C17H19NO/c1-18-17(12-7-9-14(19-2)10-8-12)16-11-13-5-3-4-6-15(13)16/h3-10,16-18H,11H2,1-2H3. The Bertz CT molecular complexity index is 562. The summed E-state index contributed by atoms with van der Waals surface area (Å²) >= 11 is 0. The lowest BCUT2D eigenvalue weighted by Gasteiger charge is -2.36. The Morgan fingerprint density at radius 3 is 2.47 bits per heavy atom. The molecule has 0 aromatic heterocycles. The van der Waals surface area contributed by atoms with Crippen molar-refractivity contribution in [2.75, 3.05) is 14.2 Å². The first-order valence-electron chi connectivity index (χ1n) is 6.72. The lowest BCUT2D eigenvalue weighted by atomic mass is 9.72. The number of hydrogen-bond donors (Lipinski definition) is 1. The first-order chi connectivity index (χ1) is 9.33. The number of rotatable bonds is 4. The minimum atomic E-state index is 0.376. The van der Waals surface area contributed by atoms with Crippen LogP contribution in [0.2, 0.25) is 0 Å². The summed E-state index contributed by atoms with van der Waals surface area (Å²) in [4.78, 5) is 0. The molecule has 19 heavy (non-hydrogen) atoms. The fourth-order valence-corrected chi connectivity index (χ4v) is 3.01. The molecule has 1 aliphatic carbocycles. The van der Waals surface area contributed by atoms with Gasteiger partial charge in [-0.2, -0.15) is 0 Å². The summed E-state index contributed by atoms with van der Waals surface area (Å²) in [6.07, 6.45) is 1.16. The second kappa shape index (κ2) is 5.06. The van der Waals surface area contributed by atoms with Crippen LogP contribution >= 0.6 is 0 Å². The average Bonchev–Trinajstić information content (AvgIpc) is 2.45. The number of likely N-dealkylation sites (N-methyl/N-ethyl adjacent to an activating group) is 1. The Morgan fingerprint density at radius 1 is 1.11 bits per heavy atom. The van der Waals surface area contributed by atoms with Crippen LogP contribution in [0.25, 0.3) is 0 Å². The van der Waals surface area contributed by atoms with E-state index in [9.17, 15) is 0 Å². The van der Waals surface area contributed by atoms with E-state index in [1.807, 2.05) is 19.2 Å². The third-order valence-corrected chi connectivity index (χ3v) is 4.08. The van der Waals surface area contributed by atoms with Crippen LogP contribution in [-0.2, 0) is 6.42 Å². The summed E-state index contributed by atoms with van der Waals surface area (Å²) in [6, 6.07) is 17.5. The first kappa shape index (κ1) is 12.2. The zero-order valence-corrected chi connectivity index (χ0v) is 11.4. The van der Waals surface area contributed by atoms with Gasteiger partial charge in [0.15, 0.2) is 0 Å². The predicted molar refractivity (Wildman–Crippen MR) is 77.7 cm³/mol. The minimum Gasteiger partial charge on any atom is -0.497 e. The van der Waals surface area contributed by atoms with Crippen LogP contribution in [0.5, 0.6) is 5.75 Å². The van der Waals surface area contributed by atoms with Gasteiger partial charge in [0, 0.05) is 12.0 Å². The van der Waals surface area contributed by atoms with Gasteiger partial charge in [-0.05, 0) is 42.3 Å². The molecule has 2 aromatic carbocycles. The van der Waals surface area contributed by atoms with Crippen molar-refractivity contribution >= 4 is 0 Å². The van der Waals surface area contributed by atoms with Crippen LogP contribution in [0.1, 0.15) is 28.7 Å². The van der Waals surface area contributed by atoms with E-state index in [4.69, 9.17) is 4.74 Å². The third kappa shape index (κ3) is 2.13. The number of fused-ring (bicyclic) bond motifs is 1. The molecule has 0 aliphatic heterocycles. The first-order valence-corrected chi connectivity index (χ1v) is 6.72. The van der Waals surface area contributed by atoms with E-state index in [0.29, 0.717) is 12.0 Å². The number of benzene rings is 2. The molecule has 1 aliphatic rings. The van der Waals surface area contributed by atoms with Crippen molar-refractivity contribution in [2.45, 2.75) is 18.4 Å². The summed E-state index contributed by atoms with van der Waals surface area (Å²) in [5.41, 5.74) is 4.29. The molecule has 0 amide bonds. The van der Waals surface area contributed by atoms with Gasteiger partial charge in [0.05, 0.1) is 7.11 Å². The summed E-state index contributed by atoms with van der Waals surface area (Å²) in [7, 11) is 3.74. The van der Waals surface area contributed by atoms with E-state index >= 15 is 0 Å². The molecule has 0 bridgehead atoms. The summed E-state index contributed by atoms with van der Waals surface area (Å²) < 4.78 is 5.22. The van der Waals surface area contributed by atoms with Crippen LogP contribution in [0.4, 0.5) is 0 Å². The van der Waals surface area contributed by atoms with Crippen LogP contribution in [-0.4, -0.2) is 14.2 Å². The molecule has 1 N–H and O–H groups in total. The number of hydrogen-bond acceptors (Lipinski definition) is 2. The lowest BCUT2D eigenvalue weighted by Crippen LogP contribution is -2.31. The van der Waals surface area contributed by atoms with Crippen LogP contribution in [0.3, 0.4) is 0 Å². The number of nitrogens with one attached hydrogen (secondary N) is 1. The van der Waals surface area contributed by atoms with Gasteiger partial charge in [-0.25, -0.2) is 0 Å². The van der Waals surface area contributed by atoms with Gasteiger partial charge < -0.3 is 10.1 Å². The Kier molecular flexibility index (Phi) is 3.26. The smallest absolute Gasteiger partial charge is 0.118 e. The van der Waals surface area contributed by atoms with Crippen molar-refractivity contribution in [1.82, 2.24) is 5.32 Å². The molecule has 0 saturated heterocycles. The molecule has 3 rings (SSSR count). The maximum atomic E-state index is 5.22. The van der Waals surface area contributed by atoms with E-state index in [1.54, 1.807) is 7.11 Å². The lowest BCUT2D eigenvalue weighted by molar-refractivity contribution is 0.412. The largest absolute Gasteiger partial charge is 0.497 e. The van der Waals surface area contributed by atoms with E-state index < -0.39 is 0 Å². The Balaban J connectivity index is 1.86. The highest BCUT2D eigenvalue weighted by atomic mass is 16.5. The molecule has 98 valence electrons. The highest BCUT2D eigenvalue weighted by molar-refractivity contribution is 5.43. The molecule has 0 heterocycles. The zero-order valence-electron chi connectivity index (χ0n) is 11.4. The number of ether oxygens (including phenoxy) is 1. The van der Waals surface area contributed by atoms with E-state index in [2.05, 4.69) is 41.7 Å². The molecule has 0 fully saturated rings. The summed E-state index contributed by atoms with van der Waals surface area (Å²) in [5.74, 6) is 1.49. The fourth-order valence-electron chi connectivity index (χ4n) is 3.01. The molecule has 2 nitrogen and oxygen atoms in total. The van der Waals surface area contributed by atoms with Crippen molar-refractivity contribution in [3.05, 3.63) is 65.2 Å². The van der Waals surface area contributed by atoms with Gasteiger partial charge in [-0.1, -0.05) is 36.4 Å². The van der Waals surface area contributed by atoms with Crippen molar-refractivity contribution < 1.29 is 4.74 Å². The molecular formula is C17H19NO. The van der Waals surface area contributed by atoms with E-state index in [1.165, 1.54) is 16.7 Å². The highest BCUT2D eigenvalue weighted by Crippen LogP contribution is 2.43.